The van der Waals surface area contributed by atoms with Crippen LogP contribution < -0.4 is 5.32 Å². The van der Waals surface area contributed by atoms with Crippen molar-refractivity contribution >= 4 is 33.5 Å². The number of benzene rings is 1. The number of ketones is 1. The average molecular weight is 314 g/mol. The number of halogens is 1. The zero-order valence-corrected chi connectivity index (χ0v) is 12.0. The Morgan fingerprint density at radius 2 is 2.18 bits per heavy atom. The maximum Gasteiger partial charge on any atom is 0.138 e. The predicted octanol–water partition coefficient (Wildman–Crippen LogP) is 2.66. The minimum atomic E-state index is 0.326. The maximum atomic E-state index is 11.9. The molecule has 17 heavy (non-hydrogen) atoms. The molecule has 1 N–H and O–H groups in total. The molecule has 1 aromatic rings. The molecule has 92 valence electrons. The minimum absolute atomic E-state index is 0.326. The van der Waals surface area contributed by atoms with Gasteiger partial charge in [0, 0.05) is 41.4 Å². The molecule has 1 saturated heterocycles. The first-order valence-electron chi connectivity index (χ1n) is 5.81. The molecular formula is C13H16BrNOS. The number of hydrogen-bond acceptors (Lipinski definition) is 3. The third kappa shape index (κ3) is 4.45. The van der Waals surface area contributed by atoms with Crippen molar-refractivity contribution < 1.29 is 4.79 Å². The van der Waals surface area contributed by atoms with E-state index in [0.29, 0.717) is 24.7 Å². The fourth-order valence-electron chi connectivity index (χ4n) is 1.93. The molecule has 1 atom stereocenters. The van der Waals surface area contributed by atoms with Gasteiger partial charge in [-0.05, 0) is 17.7 Å². The molecule has 1 fully saturated rings. The summed E-state index contributed by atoms with van der Waals surface area (Å²) in [6.07, 6.45) is 1.21. The number of Topliss-reactive ketones (excluding diaryl/α,β-unsaturated/α-hetero) is 1. The molecule has 1 aliphatic heterocycles. The van der Waals surface area contributed by atoms with E-state index >= 15 is 0 Å². The van der Waals surface area contributed by atoms with Crippen LogP contribution in [0.1, 0.15) is 12.0 Å². The molecule has 0 amide bonds. The molecule has 0 radical (unpaired) electrons. The molecule has 4 heteroatoms. The van der Waals surface area contributed by atoms with Crippen LogP contribution in [-0.4, -0.2) is 29.9 Å². The molecule has 0 aliphatic carbocycles. The van der Waals surface area contributed by atoms with E-state index in [2.05, 4.69) is 21.2 Å². The van der Waals surface area contributed by atoms with Crippen LogP contribution in [0.5, 0.6) is 0 Å². The van der Waals surface area contributed by atoms with Gasteiger partial charge in [-0.3, -0.25) is 4.79 Å². The lowest BCUT2D eigenvalue weighted by molar-refractivity contribution is -0.118. The van der Waals surface area contributed by atoms with Crippen molar-refractivity contribution in [3.8, 4) is 0 Å². The summed E-state index contributed by atoms with van der Waals surface area (Å²) in [7, 11) is 0. The fraction of sp³-hybridized carbons (Fsp3) is 0.462. The van der Waals surface area contributed by atoms with E-state index in [1.54, 1.807) is 0 Å². The summed E-state index contributed by atoms with van der Waals surface area (Å²) in [5, 5.41) is 3.40. The van der Waals surface area contributed by atoms with Gasteiger partial charge in [-0.2, -0.15) is 11.8 Å². The van der Waals surface area contributed by atoms with E-state index in [4.69, 9.17) is 0 Å². The first kappa shape index (κ1) is 13.1. The van der Waals surface area contributed by atoms with Crippen LogP contribution >= 0.6 is 27.7 Å². The first-order chi connectivity index (χ1) is 8.24. The van der Waals surface area contributed by atoms with Gasteiger partial charge >= 0.3 is 0 Å². The predicted molar refractivity (Wildman–Crippen MR) is 76.6 cm³/mol. The summed E-state index contributed by atoms with van der Waals surface area (Å²) in [6, 6.07) is 8.35. The smallest absolute Gasteiger partial charge is 0.138 e. The lowest BCUT2D eigenvalue weighted by Crippen LogP contribution is -2.39. The van der Waals surface area contributed by atoms with Gasteiger partial charge in [0.25, 0.3) is 0 Å². The number of carbonyl (C=O) groups excluding carboxylic acids is 1. The number of hydrogen-bond donors (Lipinski definition) is 1. The van der Waals surface area contributed by atoms with Gasteiger partial charge in [0.1, 0.15) is 5.78 Å². The quantitative estimate of drug-likeness (QED) is 0.926. The number of thioether (sulfide) groups is 1. The van der Waals surface area contributed by atoms with E-state index in [0.717, 1.165) is 28.1 Å². The zero-order chi connectivity index (χ0) is 12.1. The van der Waals surface area contributed by atoms with Crippen molar-refractivity contribution in [1.29, 1.82) is 0 Å². The second-order valence-corrected chi connectivity index (χ2v) is 6.34. The maximum absolute atomic E-state index is 11.9. The second kappa shape index (κ2) is 6.57. The molecule has 2 rings (SSSR count). The van der Waals surface area contributed by atoms with E-state index in [1.807, 2.05) is 36.0 Å². The van der Waals surface area contributed by atoms with Gasteiger partial charge in [0.15, 0.2) is 0 Å². The van der Waals surface area contributed by atoms with Gasteiger partial charge in [-0.15, -0.1) is 0 Å². The third-order valence-electron chi connectivity index (χ3n) is 2.79. The Labute approximate surface area is 115 Å². The molecule has 2 nitrogen and oxygen atoms in total. The largest absolute Gasteiger partial charge is 0.312 e. The Hall–Kier alpha value is -0.320. The van der Waals surface area contributed by atoms with Gasteiger partial charge in [0.2, 0.25) is 0 Å². The van der Waals surface area contributed by atoms with Gasteiger partial charge in [0.05, 0.1) is 0 Å². The van der Waals surface area contributed by atoms with Gasteiger partial charge < -0.3 is 5.32 Å². The molecule has 0 spiro atoms. The molecule has 1 unspecified atom stereocenters. The Kier molecular flexibility index (Phi) is 5.07. The standard InChI is InChI=1S/C13H16BrNOS/c14-11-3-1-10(2-4-11)7-13(16)8-12-9-17-6-5-15-12/h1-4,12,15H,5-9H2. The summed E-state index contributed by atoms with van der Waals surface area (Å²) in [5.41, 5.74) is 1.10. The summed E-state index contributed by atoms with van der Waals surface area (Å²) >= 11 is 5.33. The summed E-state index contributed by atoms with van der Waals surface area (Å²) in [5.74, 6) is 2.55. The molecule has 1 aromatic carbocycles. The normalized spacial score (nSPS) is 20.2. The van der Waals surface area contributed by atoms with Crippen LogP contribution in [0.3, 0.4) is 0 Å². The number of nitrogens with one attached hydrogen (secondary N) is 1. The van der Waals surface area contributed by atoms with Crippen molar-refractivity contribution in [2.75, 3.05) is 18.1 Å². The fourth-order valence-corrected chi connectivity index (χ4v) is 3.14. The zero-order valence-electron chi connectivity index (χ0n) is 9.62. The lowest BCUT2D eigenvalue weighted by atomic mass is 10.0. The van der Waals surface area contributed by atoms with Crippen molar-refractivity contribution in [2.24, 2.45) is 0 Å². The highest BCUT2D eigenvalue weighted by molar-refractivity contribution is 9.10. The number of rotatable bonds is 4. The van der Waals surface area contributed by atoms with E-state index < -0.39 is 0 Å². The van der Waals surface area contributed by atoms with Crippen LogP contribution in [0.15, 0.2) is 28.7 Å². The topological polar surface area (TPSA) is 29.1 Å². The third-order valence-corrected chi connectivity index (χ3v) is 4.45. The molecule has 1 aliphatic rings. The van der Waals surface area contributed by atoms with Gasteiger partial charge in [-0.1, -0.05) is 28.1 Å². The van der Waals surface area contributed by atoms with Crippen LogP contribution in [0.25, 0.3) is 0 Å². The van der Waals surface area contributed by atoms with Crippen molar-refractivity contribution in [2.45, 2.75) is 18.9 Å². The first-order valence-corrected chi connectivity index (χ1v) is 7.76. The lowest BCUT2D eigenvalue weighted by Gasteiger charge is -2.22. The van der Waals surface area contributed by atoms with Crippen LogP contribution in [0, 0.1) is 0 Å². The van der Waals surface area contributed by atoms with Crippen LogP contribution in [0.4, 0.5) is 0 Å². The number of carbonyl (C=O) groups is 1. The van der Waals surface area contributed by atoms with Crippen LogP contribution in [-0.2, 0) is 11.2 Å². The molecule has 0 aromatic heterocycles. The second-order valence-electron chi connectivity index (χ2n) is 4.27. The molecular weight excluding hydrogens is 298 g/mol. The summed E-state index contributed by atoms with van der Waals surface area (Å²) < 4.78 is 1.05. The Morgan fingerprint density at radius 1 is 1.41 bits per heavy atom. The minimum Gasteiger partial charge on any atom is -0.312 e. The van der Waals surface area contributed by atoms with E-state index in [1.165, 1.54) is 0 Å². The molecule has 0 bridgehead atoms. The Balaban J connectivity index is 1.82. The van der Waals surface area contributed by atoms with E-state index in [-0.39, 0.29) is 0 Å². The Bertz CT molecular complexity index is 374. The molecule has 0 saturated carbocycles. The van der Waals surface area contributed by atoms with E-state index in [9.17, 15) is 4.79 Å². The summed E-state index contributed by atoms with van der Waals surface area (Å²) in [6.45, 7) is 1.03. The highest BCUT2D eigenvalue weighted by Crippen LogP contribution is 2.14. The summed E-state index contributed by atoms with van der Waals surface area (Å²) in [4.78, 5) is 11.9. The highest BCUT2D eigenvalue weighted by atomic mass is 79.9. The monoisotopic (exact) mass is 313 g/mol. The van der Waals surface area contributed by atoms with Crippen LogP contribution in [0.2, 0.25) is 0 Å². The van der Waals surface area contributed by atoms with Gasteiger partial charge in [-0.25, -0.2) is 0 Å². The van der Waals surface area contributed by atoms with Crippen molar-refractivity contribution in [3.05, 3.63) is 34.3 Å². The SMILES string of the molecule is O=C(Cc1ccc(Br)cc1)CC1CSCCN1. The molecule has 1 heterocycles. The van der Waals surface area contributed by atoms with Crippen molar-refractivity contribution in [3.63, 3.8) is 0 Å². The average Bonchev–Trinajstić information content (AvgIpc) is 2.33. The highest BCUT2D eigenvalue weighted by Gasteiger charge is 2.16. The van der Waals surface area contributed by atoms with Crippen molar-refractivity contribution in [1.82, 2.24) is 5.32 Å². The Morgan fingerprint density at radius 3 is 2.82 bits per heavy atom.